The van der Waals surface area contributed by atoms with Crippen molar-refractivity contribution in [3.8, 4) is 0 Å². The highest BCUT2D eigenvalue weighted by molar-refractivity contribution is 8.14. The molecule has 3 heteroatoms. The smallest absolute Gasteiger partial charge is 0.119 e. The van der Waals surface area contributed by atoms with Crippen molar-refractivity contribution in [2.24, 2.45) is 4.99 Å². The van der Waals surface area contributed by atoms with Crippen LogP contribution in [0.2, 0.25) is 0 Å². The first-order chi connectivity index (χ1) is 14.7. The van der Waals surface area contributed by atoms with E-state index in [4.69, 9.17) is 0 Å². The molecule has 1 aliphatic rings. The molecule has 0 saturated heterocycles. The first-order valence-electron chi connectivity index (χ1n) is 10.8. The fourth-order valence-corrected chi connectivity index (χ4v) is 4.23. The molecule has 3 rings (SSSR count). The van der Waals surface area contributed by atoms with Gasteiger partial charge in [-0.25, -0.2) is 4.99 Å². The fourth-order valence-electron chi connectivity index (χ4n) is 3.30. The molecule has 0 saturated carbocycles. The Kier molecular flexibility index (Phi) is 10.2. The summed E-state index contributed by atoms with van der Waals surface area (Å²) in [7, 11) is 0. The predicted octanol–water partition coefficient (Wildman–Crippen LogP) is 7.57. The average molecular weight is 419 g/mol. The Morgan fingerprint density at radius 1 is 1.03 bits per heavy atom. The Morgan fingerprint density at radius 2 is 1.80 bits per heavy atom. The monoisotopic (exact) mass is 418 g/mol. The third-order valence-corrected chi connectivity index (χ3v) is 5.91. The summed E-state index contributed by atoms with van der Waals surface area (Å²) in [5, 5.41) is 0.993. The maximum absolute atomic E-state index is 4.56. The van der Waals surface area contributed by atoms with Gasteiger partial charge < -0.3 is 4.90 Å². The molecule has 1 heterocycles. The molecule has 0 spiro atoms. The van der Waals surface area contributed by atoms with Crippen LogP contribution in [0.5, 0.6) is 0 Å². The Hall–Kier alpha value is -2.52. The van der Waals surface area contributed by atoms with Gasteiger partial charge in [0.05, 0.1) is 5.70 Å². The number of thioether (sulfide) groups is 1. The molecular weight excluding hydrogens is 384 g/mol. The molecule has 30 heavy (non-hydrogen) atoms. The molecule has 2 nitrogen and oxygen atoms in total. The number of benzene rings is 2. The van der Waals surface area contributed by atoms with Gasteiger partial charge in [0.2, 0.25) is 0 Å². The topological polar surface area (TPSA) is 15.6 Å². The average Bonchev–Trinajstić information content (AvgIpc) is 2.81. The van der Waals surface area contributed by atoms with Crippen molar-refractivity contribution in [2.75, 3.05) is 10.7 Å². The maximum Gasteiger partial charge on any atom is 0.119 e. The SMILES string of the molecule is C=CCCc1ccc(N2C=CN=C(SCCc3ccccc3)C2=C)cc1CC.CC. The molecule has 0 radical (unpaired) electrons. The van der Waals surface area contributed by atoms with Crippen LogP contribution in [0.1, 0.15) is 43.9 Å². The van der Waals surface area contributed by atoms with Gasteiger partial charge in [-0.2, -0.15) is 0 Å². The van der Waals surface area contributed by atoms with E-state index in [0.29, 0.717) is 0 Å². The van der Waals surface area contributed by atoms with Gasteiger partial charge >= 0.3 is 0 Å². The van der Waals surface area contributed by atoms with E-state index < -0.39 is 0 Å². The van der Waals surface area contributed by atoms with Crippen LogP contribution >= 0.6 is 11.8 Å². The zero-order valence-corrected chi connectivity index (χ0v) is 19.4. The lowest BCUT2D eigenvalue weighted by Crippen LogP contribution is -2.22. The summed E-state index contributed by atoms with van der Waals surface area (Å²) in [5.74, 6) is 0.990. The van der Waals surface area contributed by atoms with Gasteiger partial charge in [-0.3, -0.25) is 0 Å². The van der Waals surface area contributed by atoms with Crippen molar-refractivity contribution in [1.82, 2.24) is 0 Å². The number of nitrogens with zero attached hydrogens (tertiary/aromatic N) is 2. The number of allylic oxidation sites excluding steroid dienone is 1. The lowest BCUT2D eigenvalue weighted by molar-refractivity contribution is 0.961. The van der Waals surface area contributed by atoms with Crippen molar-refractivity contribution in [3.63, 3.8) is 0 Å². The lowest BCUT2D eigenvalue weighted by Gasteiger charge is -2.27. The minimum absolute atomic E-state index is 0.946. The zero-order valence-electron chi connectivity index (χ0n) is 18.6. The molecule has 0 fully saturated rings. The summed E-state index contributed by atoms with van der Waals surface area (Å²) in [4.78, 5) is 6.71. The van der Waals surface area contributed by atoms with Crippen LogP contribution in [0, 0.1) is 0 Å². The van der Waals surface area contributed by atoms with Crippen molar-refractivity contribution < 1.29 is 0 Å². The van der Waals surface area contributed by atoms with E-state index in [1.165, 1.54) is 16.7 Å². The Labute approximate surface area is 187 Å². The molecule has 1 aliphatic heterocycles. The lowest BCUT2D eigenvalue weighted by atomic mass is 9.99. The normalized spacial score (nSPS) is 12.8. The Bertz CT molecular complexity index is 881. The molecule has 0 atom stereocenters. The minimum atomic E-state index is 0.946. The number of aryl methyl sites for hydroxylation is 3. The van der Waals surface area contributed by atoms with E-state index in [0.717, 1.165) is 47.9 Å². The molecule has 0 bridgehead atoms. The van der Waals surface area contributed by atoms with Crippen LogP contribution in [0.4, 0.5) is 5.69 Å². The second kappa shape index (κ2) is 12.9. The molecule has 0 amide bonds. The standard InChI is InChI=1S/C25H28N2S.C2H6/c1-4-6-12-23-13-14-24(19-22(23)5-2)27-17-16-26-25(20(27)3)28-18-15-21-10-8-7-9-11-21;1-2/h4,7-11,13-14,16-17,19H,1,3,5-6,12,15,18H2,2H3;1-2H3. The van der Waals surface area contributed by atoms with Gasteiger partial charge in [-0.15, -0.1) is 18.3 Å². The van der Waals surface area contributed by atoms with Crippen LogP contribution in [-0.4, -0.2) is 10.8 Å². The second-order valence-electron chi connectivity index (χ2n) is 6.77. The fraction of sp³-hybridized carbons (Fsp3) is 0.296. The minimum Gasteiger partial charge on any atom is -0.314 e. The Balaban J connectivity index is 0.00000155. The highest BCUT2D eigenvalue weighted by atomic mass is 32.2. The molecule has 158 valence electrons. The maximum atomic E-state index is 4.56. The molecular formula is C27H34N2S. The summed E-state index contributed by atoms with van der Waals surface area (Å²) in [6, 6.07) is 17.3. The van der Waals surface area contributed by atoms with Crippen LogP contribution < -0.4 is 4.90 Å². The summed E-state index contributed by atoms with van der Waals surface area (Å²) >= 11 is 1.77. The molecule has 2 aromatic rings. The van der Waals surface area contributed by atoms with E-state index in [-0.39, 0.29) is 0 Å². The number of hydrogen-bond acceptors (Lipinski definition) is 3. The van der Waals surface area contributed by atoms with Crippen LogP contribution in [0.15, 0.2) is 90.9 Å². The number of aliphatic imine (C=N–C) groups is 1. The Morgan fingerprint density at radius 3 is 2.50 bits per heavy atom. The molecule has 0 aromatic heterocycles. The van der Waals surface area contributed by atoms with Gasteiger partial charge in [0.15, 0.2) is 0 Å². The van der Waals surface area contributed by atoms with E-state index in [1.807, 2.05) is 32.3 Å². The third-order valence-electron chi connectivity index (χ3n) is 4.88. The summed E-state index contributed by atoms with van der Waals surface area (Å²) in [5.41, 5.74) is 6.25. The summed E-state index contributed by atoms with van der Waals surface area (Å²) in [6.45, 7) is 14.4. The van der Waals surface area contributed by atoms with Gasteiger partial charge in [0, 0.05) is 23.8 Å². The molecule has 2 aromatic carbocycles. The third kappa shape index (κ3) is 6.50. The van der Waals surface area contributed by atoms with Gasteiger partial charge in [0.25, 0.3) is 0 Å². The highest BCUT2D eigenvalue weighted by Crippen LogP contribution is 2.29. The second-order valence-corrected chi connectivity index (χ2v) is 7.85. The highest BCUT2D eigenvalue weighted by Gasteiger charge is 2.17. The van der Waals surface area contributed by atoms with Gasteiger partial charge in [-0.05, 0) is 54.5 Å². The number of hydrogen-bond donors (Lipinski definition) is 0. The number of anilines is 1. The first-order valence-corrected chi connectivity index (χ1v) is 11.8. The summed E-state index contributed by atoms with van der Waals surface area (Å²) < 4.78 is 0. The van der Waals surface area contributed by atoms with Gasteiger partial charge in [-0.1, -0.05) is 69.8 Å². The quantitative estimate of drug-likeness (QED) is 0.411. The van der Waals surface area contributed by atoms with Crippen LogP contribution in [0.25, 0.3) is 0 Å². The van der Waals surface area contributed by atoms with E-state index >= 15 is 0 Å². The van der Waals surface area contributed by atoms with Gasteiger partial charge in [0.1, 0.15) is 5.04 Å². The van der Waals surface area contributed by atoms with E-state index in [1.54, 1.807) is 11.8 Å². The van der Waals surface area contributed by atoms with Crippen LogP contribution in [-0.2, 0) is 19.3 Å². The first kappa shape index (κ1) is 23.8. The van der Waals surface area contributed by atoms with Crippen LogP contribution in [0.3, 0.4) is 0 Å². The van der Waals surface area contributed by atoms with Crippen molar-refractivity contribution in [1.29, 1.82) is 0 Å². The number of rotatable bonds is 8. The van der Waals surface area contributed by atoms with E-state index in [2.05, 4.69) is 78.5 Å². The summed E-state index contributed by atoms with van der Waals surface area (Å²) in [6.07, 6.45) is 9.97. The van der Waals surface area contributed by atoms with Crippen molar-refractivity contribution >= 4 is 22.5 Å². The molecule has 0 aliphatic carbocycles. The zero-order chi connectivity index (χ0) is 21.8. The van der Waals surface area contributed by atoms with Crippen molar-refractivity contribution in [3.05, 3.63) is 103 Å². The van der Waals surface area contributed by atoms with E-state index in [9.17, 15) is 0 Å². The largest absolute Gasteiger partial charge is 0.314 e. The molecule has 0 N–H and O–H groups in total. The van der Waals surface area contributed by atoms with Crippen molar-refractivity contribution in [2.45, 2.75) is 46.5 Å². The predicted molar refractivity (Wildman–Crippen MR) is 136 cm³/mol. The molecule has 0 unspecified atom stereocenters.